The molecule has 7 heteroatoms. The highest BCUT2D eigenvalue weighted by Gasteiger charge is 2.13. The van der Waals surface area contributed by atoms with E-state index < -0.39 is 4.92 Å². The molecule has 1 N–H and O–H groups in total. The lowest BCUT2D eigenvalue weighted by Gasteiger charge is -2.08. The minimum atomic E-state index is -0.473. The standard InChI is InChI=1S/C12H12N4O3/c1-8-7-9(16(18)19)3-4-10(8)14-12(17)11-5-6-13-15(11)2/h3-7H,1-2H3,(H,14,17). The van der Waals surface area contributed by atoms with Crippen LogP contribution in [0.5, 0.6) is 0 Å². The molecule has 1 aromatic carbocycles. The van der Waals surface area contributed by atoms with Gasteiger partial charge >= 0.3 is 0 Å². The van der Waals surface area contributed by atoms with Crippen LogP contribution in [-0.2, 0) is 7.05 Å². The smallest absolute Gasteiger partial charge is 0.273 e. The molecule has 0 radical (unpaired) electrons. The summed E-state index contributed by atoms with van der Waals surface area (Å²) in [6.45, 7) is 1.70. The maximum atomic E-state index is 12.0. The second-order valence-corrected chi connectivity index (χ2v) is 4.05. The maximum absolute atomic E-state index is 12.0. The molecule has 7 nitrogen and oxygen atoms in total. The molecule has 2 rings (SSSR count). The van der Waals surface area contributed by atoms with E-state index in [1.165, 1.54) is 29.1 Å². The number of nitro benzene ring substituents is 1. The van der Waals surface area contributed by atoms with Gasteiger partial charge < -0.3 is 5.32 Å². The average Bonchev–Trinajstić information content (AvgIpc) is 2.77. The van der Waals surface area contributed by atoms with Crippen molar-refractivity contribution in [3.05, 3.63) is 51.8 Å². The molecule has 0 fully saturated rings. The van der Waals surface area contributed by atoms with Gasteiger partial charge in [-0.15, -0.1) is 0 Å². The second-order valence-electron chi connectivity index (χ2n) is 4.05. The number of benzene rings is 1. The summed E-state index contributed by atoms with van der Waals surface area (Å²) in [7, 11) is 1.66. The van der Waals surface area contributed by atoms with Crippen molar-refractivity contribution in [2.24, 2.45) is 7.05 Å². The molecule has 0 saturated heterocycles. The number of hydrogen-bond acceptors (Lipinski definition) is 4. The molecule has 0 aliphatic heterocycles. The number of rotatable bonds is 3. The predicted molar refractivity (Wildman–Crippen MR) is 69.0 cm³/mol. The molecule has 0 unspecified atom stereocenters. The Hall–Kier alpha value is -2.70. The maximum Gasteiger partial charge on any atom is 0.273 e. The van der Waals surface area contributed by atoms with Crippen LogP contribution in [0.15, 0.2) is 30.5 Å². The Morgan fingerprint density at radius 2 is 2.16 bits per heavy atom. The number of hydrogen-bond donors (Lipinski definition) is 1. The summed E-state index contributed by atoms with van der Waals surface area (Å²) in [5.74, 6) is -0.308. The summed E-state index contributed by atoms with van der Waals surface area (Å²) in [6.07, 6.45) is 1.53. The van der Waals surface area contributed by atoms with Crippen LogP contribution in [0.3, 0.4) is 0 Å². The monoisotopic (exact) mass is 260 g/mol. The summed E-state index contributed by atoms with van der Waals surface area (Å²) < 4.78 is 1.45. The van der Waals surface area contributed by atoms with Gasteiger partial charge in [-0.1, -0.05) is 0 Å². The van der Waals surface area contributed by atoms with Crippen LogP contribution in [0.4, 0.5) is 11.4 Å². The zero-order valence-electron chi connectivity index (χ0n) is 10.5. The summed E-state index contributed by atoms with van der Waals surface area (Å²) in [5, 5.41) is 17.2. The number of amides is 1. The lowest BCUT2D eigenvalue weighted by atomic mass is 10.1. The van der Waals surface area contributed by atoms with Crippen LogP contribution in [0.1, 0.15) is 16.1 Å². The number of nitro groups is 1. The number of nitrogens with zero attached hydrogens (tertiary/aromatic N) is 3. The highest BCUT2D eigenvalue weighted by molar-refractivity contribution is 6.03. The van der Waals surface area contributed by atoms with Crippen molar-refractivity contribution in [1.29, 1.82) is 0 Å². The van der Waals surface area contributed by atoms with Crippen LogP contribution in [0.25, 0.3) is 0 Å². The Morgan fingerprint density at radius 3 is 2.68 bits per heavy atom. The molecule has 0 spiro atoms. The largest absolute Gasteiger partial charge is 0.320 e. The van der Waals surface area contributed by atoms with Crippen molar-refractivity contribution in [2.75, 3.05) is 5.32 Å². The van der Waals surface area contributed by atoms with E-state index in [0.29, 0.717) is 16.9 Å². The Labute approximate surface area is 109 Å². The van der Waals surface area contributed by atoms with Gasteiger partial charge in [-0.3, -0.25) is 19.6 Å². The molecule has 1 amide bonds. The molecule has 98 valence electrons. The summed E-state index contributed by atoms with van der Waals surface area (Å²) in [6, 6.07) is 5.88. The lowest BCUT2D eigenvalue weighted by Crippen LogP contribution is -2.16. The average molecular weight is 260 g/mol. The fourth-order valence-corrected chi connectivity index (χ4v) is 1.68. The van der Waals surface area contributed by atoms with Gasteiger partial charge in [0.1, 0.15) is 5.69 Å². The van der Waals surface area contributed by atoms with E-state index >= 15 is 0 Å². The first kappa shape index (κ1) is 12.7. The zero-order chi connectivity index (χ0) is 14.0. The number of non-ortho nitro benzene ring substituents is 1. The van der Waals surface area contributed by atoms with E-state index in [9.17, 15) is 14.9 Å². The van der Waals surface area contributed by atoms with Gasteiger partial charge in [0.2, 0.25) is 0 Å². The van der Waals surface area contributed by atoms with Gasteiger partial charge in [-0.2, -0.15) is 5.10 Å². The molecule has 2 aromatic rings. The van der Waals surface area contributed by atoms with Crippen molar-refractivity contribution in [2.45, 2.75) is 6.92 Å². The van der Waals surface area contributed by atoms with Gasteiger partial charge in [0.15, 0.2) is 0 Å². The van der Waals surface area contributed by atoms with Crippen LogP contribution in [0.2, 0.25) is 0 Å². The first-order chi connectivity index (χ1) is 8.99. The van der Waals surface area contributed by atoms with Crippen molar-refractivity contribution in [3.63, 3.8) is 0 Å². The van der Waals surface area contributed by atoms with Crippen molar-refractivity contribution in [3.8, 4) is 0 Å². The van der Waals surface area contributed by atoms with Crippen molar-refractivity contribution < 1.29 is 9.72 Å². The van der Waals surface area contributed by atoms with Gasteiger partial charge in [0.25, 0.3) is 11.6 Å². The Balaban J connectivity index is 2.23. The fourth-order valence-electron chi connectivity index (χ4n) is 1.68. The van der Waals surface area contributed by atoms with Crippen LogP contribution in [-0.4, -0.2) is 20.6 Å². The minimum absolute atomic E-state index is 0.00367. The number of carbonyl (C=O) groups excluding carboxylic acids is 1. The molecule has 1 heterocycles. The zero-order valence-corrected chi connectivity index (χ0v) is 10.5. The number of nitrogens with one attached hydrogen (secondary N) is 1. The van der Waals surface area contributed by atoms with Crippen LogP contribution in [0, 0.1) is 17.0 Å². The van der Waals surface area contributed by atoms with Gasteiger partial charge in [-0.25, -0.2) is 0 Å². The number of carbonyl (C=O) groups is 1. The predicted octanol–water partition coefficient (Wildman–Crippen LogP) is 1.89. The van der Waals surface area contributed by atoms with Crippen molar-refractivity contribution >= 4 is 17.3 Å². The highest BCUT2D eigenvalue weighted by atomic mass is 16.6. The Morgan fingerprint density at radius 1 is 1.42 bits per heavy atom. The Kier molecular flexibility index (Phi) is 3.28. The molecule has 0 aliphatic carbocycles. The molecule has 0 atom stereocenters. The second kappa shape index (κ2) is 4.89. The topological polar surface area (TPSA) is 90.1 Å². The third-order valence-electron chi connectivity index (χ3n) is 2.72. The molecule has 0 bridgehead atoms. The van der Waals surface area contributed by atoms with E-state index in [2.05, 4.69) is 10.4 Å². The van der Waals surface area contributed by atoms with Crippen LogP contribution >= 0.6 is 0 Å². The van der Waals surface area contributed by atoms with Crippen LogP contribution < -0.4 is 5.32 Å². The molecular weight excluding hydrogens is 248 g/mol. The summed E-state index contributed by atoms with van der Waals surface area (Å²) in [4.78, 5) is 22.1. The van der Waals surface area contributed by atoms with Gasteiger partial charge in [0.05, 0.1) is 4.92 Å². The Bertz CT molecular complexity index is 648. The highest BCUT2D eigenvalue weighted by Crippen LogP contribution is 2.21. The number of aromatic nitrogens is 2. The van der Waals surface area contributed by atoms with E-state index in [1.54, 1.807) is 20.0 Å². The SMILES string of the molecule is Cc1cc([N+](=O)[O-])ccc1NC(=O)c1ccnn1C. The number of anilines is 1. The first-order valence-electron chi connectivity index (χ1n) is 5.53. The lowest BCUT2D eigenvalue weighted by molar-refractivity contribution is -0.384. The first-order valence-corrected chi connectivity index (χ1v) is 5.53. The van der Waals surface area contributed by atoms with Crippen molar-refractivity contribution in [1.82, 2.24) is 9.78 Å². The molecule has 0 saturated carbocycles. The third kappa shape index (κ3) is 2.59. The quantitative estimate of drug-likeness (QED) is 0.674. The normalized spacial score (nSPS) is 10.2. The van der Waals surface area contributed by atoms with E-state index in [4.69, 9.17) is 0 Å². The van der Waals surface area contributed by atoms with E-state index in [-0.39, 0.29) is 11.6 Å². The van der Waals surface area contributed by atoms with E-state index in [1.807, 2.05) is 0 Å². The molecule has 19 heavy (non-hydrogen) atoms. The molecule has 0 aliphatic rings. The summed E-state index contributed by atoms with van der Waals surface area (Å²) in [5.41, 5.74) is 1.58. The van der Waals surface area contributed by atoms with Gasteiger partial charge in [0, 0.05) is 31.1 Å². The van der Waals surface area contributed by atoms with E-state index in [0.717, 1.165) is 0 Å². The number of aryl methyl sites for hydroxylation is 2. The molecular formula is C12H12N4O3. The fraction of sp³-hybridized carbons (Fsp3) is 0.167. The van der Waals surface area contributed by atoms with Gasteiger partial charge in [-0.05, 0) is 24.6 Å². The molecule has 1 aromatic heterocycles. The summed E-state index contributed by atoms with van der Waals surface area (Å²) >= 11 is 0. The third-order valence-corrected chi connectivity index (χ3v) is 2.72. The minimum Gasteiger partial charge on any atom is -0.320 e.